The lowest BCUT2D eigenvalue weighted by atomic mass is 10.1. The smallest absolute Gasteiger partial charge is 0.264 e. The average molecular weight is 489 g/mol. The summed E-state index contributed by atoms with van der Waals surface area (Å²) in [4.78, 5) is 13.0. The highest BCUT2D eigenvalue weighted by atomic mass is 32.2. The Labute approximate surface area is 206 Å². The van der Waals surface area contributed by atoms with Crippen LogP contribution in [0.15, 0.2) is 89.8 Å². The molecule has 0 aliphatic carbocycles. The molecule has 0 atom stereocenters. The van der Waals surface area contributed by atoms with Crippen molar-refractivity contribution < 1.29 is 13.2 Å². The van der Waals surface area contributed by atoms with Gasteiger partial charge in [0.25, 0.3) is 15.9 Å². The van der Waals surface area contributed by atoms with Gasteiger partial charge in [0.1, 0.15) is 0 Å². The van der Waals surface area contributed by atoms with E-state index in [1.165, 1.54) is 16.4 Å². The molecule has 0 bridgehead atoms. The first-order valence-electron chi connectivity index (χ1n) is 11.4. The van der Waals surface area contributed by atoms with E-state index < -0.39 is 10.0 Å². The van der Waals surface area contributed by atoms with Crippen molar-refractivity contribution in [1.29, 1.82) is 0 Å². The van der Waals surface area contributed by atoms with Crippen LogP contribution in [0.4, 0.5) is 5.69 Å². The van der Waals surface area contributed by atoms with Crippen molar-refractivity contribution in [2.24, 2.45) is 0 Å². The van der Waals surface area contributed by atoms with Gasteiger partial charge >= 0.3 is 0 Å². The number of nitrogens with one attached hydrogen (secondary N) is 1. The Hall–Kier alpha value is -3.91. The molecule has 35 heavy (non-hydrogen) atoms. The molecule has 1 aromatic heterocycles. The topological polar surface area (TPSA) is 84.3 Å². The molecule has 7 nitrogen and oxygen atoms in total. The number of nitrogens with zero attached hydrogens (tertiary/aromatic N) is 3. The lowest BCUT2D eigenvalue weighted by Crippen LogP contribution is -2.31. The van der Waals surface area contributed by atoms with E-state index in [9.17, 15) is 13.2 Å². The maximum atomic E-state index is 13.3. The van der Waals surface area contributed by atoms with E-state index in [0.29, 0.717) is 5.69 Å². The molecule has 1 amide bonds. The van der Waals surface area contributed by atoms with Gasteiger partial charge in [-0.05, 0) is 63.2 Å². The molecule has 0 saturated heterocycles. The second-order valence-corrected chi connectivity index (χ2v) is 9.97. The van der Waals surface area contributed by atoms with Crippen molar-refractivity contribution in [3.8, 4) is 5.69 Å². The van der Waals surface area contributed by atoms with Crippen molar-refractivity contribution in [2.45, 2.75) is 32.2 Å². The van der Waals surface area contributed by atoms with Crippen LogP contribution in [-0.4, -0.2) is 30.7 Å². The summed E-state index contributed by atoms with van der Waals surface area (Å²) in [6.07, 6.45) is 0. The summed E-state index contributed by atoms with van der Waals surface area (Å²) >= 11 is 0. The van der Waals surface area contributed by atoms with Crippen LogP contribution in [0, 0.1) is 13.8 Å². The number of benzene rings is 3. The van der Waals surface area contributed by atoms with Crippen molar-refractivity contribution in [2.75, 3.05) is 10.8 Å². The molecule has 0 unspecified atom stereocenters. The second kappa shape index (κ2) is 10.1. The van der Waals surface area contributed by atoms with Crippen LogP contribution in [0.3, 0.4) is 0 Å². The Morgan fingerprint density at radius 3 is 2.26 bits per heavy atom. The first-order valence-corrected chi connectivity index (χ1v) is 12.8. The minimum atomic E-state index is -3.83. The lowest BCUT2D eigenvalue weighted by Gasteiger charge is -2.23. The van der Waals surface area contributed by atoms with Crippen LogP contribution in [-0.2, 0) is 16.6 Å². The van der Waals surface area contributed by atoms with E-state index in [1.807, 2.05) is 54.9 Å². The monoisotopic (exact) mass is 488 g/mol. The van der Waals surface area contributed by atoms with Crippen LogP contribution < -0.4 is 9.62 Å². The fourth-order valence-corrected chi connectivity index (χ4v) is 5.55. The molecule has 0 saturated carbocycles. The van der Waals surface area contributed by atoms with Gasteiger partial charge in [-0.3, -0.25) is 9.10 Å². The second-order valence-electron chi connectivity index (χ2n) is 8.11. The number of aromatic nitrogens is 2. The first kappa shape index (κ1) is 24.2. The van der Waals surface area contributed by atoms with Crippen LogP contribution >= 0.6 is 0 Å². The number of hydrogen-bond acceptors (Lipinski definition) is 4. The van der Waals surface area contributed by atoms with E-state index in [4.69, 9.17) is 0 Å². The molecule has 0 aliphatic rings. The summed E-state index contributed by atoms with van der Waals surface area (Å²) in [5.41, 5.74) is 4.48. The van der Waals surface area contributed by atoms with E-state index in [-0.39, 0.29) is 29.5 Å². The van der Waals surface area contributed by atoms with Gasteiger partial charge in [0.15, 0.2) is 0 Å². The standard InChI is InChI=1S/C27H28N4O3S/c1-4-30(23-13-7-5-8-14-23)35(33,34)25-17-11-12-22(18-25)27(32)28-19-26-20(2)29-31(21(26)3)24-15-9-6-10-16-24/h5-18H,4,19H2,1-3H3,(H,28,32). The molecule has 4 rings (SSSR count). The van der Waals surface area contributed by atoms with Gasteiger partial charge in [0.05, 0.1) is 22.0 Å². The zero-order valence-corrected chi connectivity index (χ0v) is 20.8. The van der Waals surface area contributed by atoms with Crippen molar-refractivity contribution in [3.63, 3.8) is 0 Å². The van der Waals surface area contributed by atoms with Crippen LogP contribution in [0.1, 0.15) is 34.2 Å². The third kappa shape index (κ3) is 4.97. The van der Waals surface area contributed by atoms with Gasteiger partial charge in [-0.25, -0.2) is 13.1 Å². The van der Waals surface area contributed by atoms with Gasteiger partial charge in [0.2, 0.25) is 0 Å². The predicted octanol–water partition coefficient (Wildman–Crippen LogP) is 4.63. The van der Waals surface area contributed by atoms with E-state index >= 15 is 0 Å². The zero-order valence-electron chi connectivity index (χ0n) is 20.0. The molecule has 180 valence electrons. The van der Waals surface area contributed by atoms with E-state index in [0.717, 1.165) is 22.6 Å². The highest BCUT2D eigenvalue weighted by molar-refractivity contribution is 7.92. The van der Waals surface area contributed by atoms with Crippen LogP contribution in [0.2, 0.25) is 0 Å². The Kier molecular flexibility index (Phi) is 7.02. The number of amides is 1. The van der Waals surface area contributed by atoms with Gasteiger partial charge < -0.3 is 5.32 Å². The highest BCUT2D eigenvalue weighted by Gasteiger charge is 2.24. The molecule has 1 heterocycles. The molecule has 1 N–H and O–H groups in total. The largest absolute Gasteiger partial charge is 0.348 e. The highest BCUT2D eigenvalue weighted by Crippen LogP contribution is 2.24. The van der Waals surface area contributed by atoms with Gasteiger partial charge in [-0.2, -0.15) is 5.10 Å². The maximum Gasteiger partial charge on any atom is 0.264 e. The number of aryl methyl sites for hydroxylation is 1. The average Bonchev–Trinajstić information content (AvgIpc) is 3.17. The molecule has 0 fully saturated rings. The summed E-state index contributed by atoms with van der Waals surface area (Å²) in [6.45, 7) is 6.20. The molecule has 4 aromatic rings. The van der Waals surface area contributed by atoms with E-state index in [2.05, 4.69) is 10.4 Å². The van der Waals surface area contributed by atoms with Crippen molar-refractivity contribution >= 4 is 21.6 Å². The normalized spacial score (nSPS) is 11.3. The minimum Gasteiger partial charge on any atom is -0.348 e. The third-order valence-electron chi connectivity index (χ3n) is 5.88. The molecule has 0 spiro atoms. The SMILES string of the molecule is CCN(c1ccccc1)S(=O)(=O)c1cccc(C(=O)NCc2c(C)nn(-c3ccccc3)c2C)c1. The quantitative estimate of drug-likeness (QED) is 0.392. The predicted molar refractivity (Wildman–Crippen MR) is 137 cm³/mol. The van der Waals surface area contributed by atoms with Gasteiger partial charge in [-0.15, -0.1) is 0 Å². The van der Waals surface area contributed by atoms with Crippen LogP contribution in [0.5, 0.6) is 0 Å². The van der Waals surface area contributed by atoms with Crippen molar-refractivity contribution in [1.82, 2.24) is 15.1 Å². The number of para-hydroxylation sites is 2. The Bertz CT molecular complexity index is 1430. The van der Waals surface area contributed by atoms with Crippen molar-refractivity contribution in [3.05, 3.63) is 107 Å². The summed E-state index contributed by atoms with van der Waals surface area (Å²) in [6, 6.07) is 24.8. The Balaban J connectivity index is 1.54. The summed E-state index contributed by atoms with van der Waals surface area (Å²) in [7, 11) is -3.83. The minimum absolute atomic E-state index is 0.0695. The molecule has 8 heteroatoms. The van der Waals surface area contributed by atoms with E-state index in [1.54, 1.807) is 43.3 Å². The Morgan fingerprint density at radius 1 is 0.943 bits per heavy atom. The number of sulfonamides is 1. The number of anilines is 1. The molecule has 0 radical (unpaired) electrons. The molecular formula is C27H28N4O3S. The summed E-state index contributed by atoms with van der Waals surface area (Å²) in [5.74, 6) is -0.351. The Morgan fingerprint density at radius 2 is 1.60 bits per heavy atom. The number of carbonyl (C=O) groups is 1. The summed E-state index contributed by atoms with van der Waals surface area (Å²) in [5, 5.41) is 7.53. The number of hydrogen-bond donors (Lipinski definition) is 1. The number of carbonyl (C=O) groups excluding carboxylic acids is 1. The molecule has 0 aliphatic heterocycles. The zero-order chi connectivity index (χ0) is 25.0. The molecule has 3 aromatic carbocycles. The maximum absolute atomic E-state index is 13.3. The molecular weight excluding hydrogens is 460 g/mol. The van der Waals surface area contributed by atoms with Crippen LogP contribution in [0.25, 0.3) is 5.69 Å². The summed E-state index contributed by atoms with van der Waals surface area (Å²) < 4.78 is 29.8. The number of rotatable bonds is 8. The van der Waals surface area contributed by atoms with Gasteiger partial charge in [0, 0.05) is 29.9 Å². The lowest BCUT2D eigenvalue weighted by molar-refractivity contribution is 0.0950. The third-order valence-corrected chi connectivity index (χ3v) is 7.78. The fourth-order valence-electron chi connectivity index (χ4n) is 4.03. The fraction of sp³-hybridized carbons (Fsp3) is 0.185. The first-order chi connectivity index (χ1) is 16.8. The van der Waals surface area contributed by atoms with Gasteiger partial charge in [-0.1, -0.05) is 42.5 Å².